The summed E-state index contributed by atoms with van der Waals surface area (Å²) in [6.07, 6.45) is 0.744. The van der Waals surface area contributed by atoms with Gasteiger partial charge in [0.1, 0.15) is 5.58 Å². The Kier molecular flexibility index (Phi) is 13.6. The first-order chi connectivity index (χ1) is 23.3. The summed E-state index contributed by atoms with van der Waals surface area (Å²) in [5.41, 5.74) is -3.20. The van der Waals surface area contributed by atoms with Crippen molar-refractivity contribution in [1.29, 1.82) is 0 Å². The highest BCUT2D eigenvalue weighted by molar-refractivity contribution is 7.86. The first kappa shape index (κ1) is 40.4. The first-order valence-electron chi connectivity index (χ1n) is 16.6. The standard InChI is InChI=1S/C28H30F3N3O8S.C6H15N/c1-27(2)15-17(16-43(39,40)41)18-12-19-20(28(29,30)31)13-26(38)42-22(19)14-21(18)34(27)10-5-3-4-6-23(35)32-9-11-33-24(36)7-8-25(33)37;1-4-7(5-2)6-3/h7-8,12-15H,3-6,9-11,16H2,1-2H3,(H,32,35)(H,39,40,41);4-6H2,1-3H3. The van der Waals surface area contributed by atoms with Crippen molar-refractivity contribution in [3.8, 4) is 0 Å². The Hall–Kier alpha value is -4.02. The van der Waals surface area contributed by atoms with Crippen molar-refractivity contribution in [2.45, 2.75) is 72.0 Å². The molecule has 0 saturated carbocycles. The molecule has 0 bridgehead atoms. The second-order valence-electron chi connectivity index (χ2n) is 12.7. The molecule has 2 aliphatic rings. The van der Waals surface area contributed by atoms with Gasteiger partial charge in [0.15, 0.2) is 0 Å². The fourth-order valence-corrected chi connectivity index (χ4v) is 6.67. The topological polar surface area (TPSA) is 162 Å². The van der Waals surface area contributed by atoms with Crippen molar-refractivity contribution in [2.75, 3.05) is 49.9 Å². The highest BCUT2D eigenvalue weighted by Gasteiger charge is 2.37. The smallest absolute Gasteiger partial charge is 0.417 e. The van der Waals surface area contributed by atoms with Crippen LogP contribution in [-0.4, -0.2) is 86.2 Å². The van der Waals surface area contributed by atoms with Crippen LogP contribution in [0.2, 0.25) is 0 Å². The summed E-state index contributed by atoms with van der Waals surface area (Å²) in [5, 5.41) is 2.21. The normalized spacial score (nSPS) is 15.7. The number of anilines is 1. The molecule has 0 radical (unpaired) electrons. The van der Waals surface area contributed by atoms with E-state index < -0.39 is 56.0 Å². The Labute approximate surface area is 289 Å². The van der Waals surface area contributed by atoms with Crippen LogP contribution in [0.3, 0.4) is 0 Å². The Bertz CT molecular complexity index is 1770. The fourth-order valence-electron chi connectivity index (χ4n) is 6.05. The zero-order valence-electron chi connectivity index (χ0n) is 28.9. The summed E-state index contributed by atoms with van der Waals surface area (Å²) >= 11 is 0. The molecule has 4 rings (SSSR count). The lowest BCUT2D eigenvalue weighted by Gasteiger charge is -2.44. The molecule has 0 spiro atoms. The Morgan fingerprint density at radius 1 is 0.960 bits per heavy atom. The molecule has 0 aliphatic carbocycles. The van der Waals surface area contributed by atoms with Crippen molar-refractivity contribution in [3.05, 3.63) is 58.0 Å². The predicted molar refractivity (Wildman–Crippen MR) is 181 cm³/mol. The Morgan fingerprint density at radius 3 is 2.12 bits per heavy atom. The summed E-state index contributed by atoms with van der Waals surface area (Å²) in [6.45, 7) is 14.5. The molecule has 0 atom stereocenters. The van der Waals surface area contributed by atoms with E-state index in [2.05, 4.69) is 26.1 Å². The van der Waals surface area contributed by atoms with Crippen molar-refractivity contribution >= 4 is 50.1 Å². The molecule has 3 amide bonds. The van der Waals surface area contributed by atoms with Gasteiger partial charge in [0.25, 0.3) is 11.8 Å². The monoisotopic (exact) mass is 726 g/mol. The zero-order chi connectivity index (χ0) is 37.4. The molecular weight excluding hydrogens is 681 g/mol. The van der Waals surface area contributed by atoms with Crippen LogP contribution >= 0.6 is 0 Å². The number of fused-ring (bicyclic) bond motifs is 2. The van der Waals surface area contributed by atoms with Gasteiger partial charge < -0.3 is 24.1 Å². The van der Waals surface area contributed by atoms with Gasteiger partial charge in [-0.3, -0.25) is 19.3 Å². The molecule has 0 saturated heterocycles. The summed E-state index contributed by atoms with van der Waals surface area (Å²) < 4.78 is 81.4. The third-order valence-electron chi connectivity index (χ3n) is 8.70. The van der Waals surface area contributed by atoms with Gasteiger partial charge >= 0.3 is 11.8 Å². The van der Waals surface area contributed by atoms with Crippen LogP contribution in [0, 0.1) is 0 Å². The third-order valence-corrected chi connectivity index (χ3v) is 9.37. The van der Waals surface area contributed by atoms with E-state index in [4.69, 9.17) is 4.42 Å². The maximum absolute atomic E-state index is 13.8. The number of halogens is 3. The molecule has 50 heavy (non-hydrogen) atoms. The zero-order valence-corrected chi connectivity index (χ0v) is 29.8. The van der Waals surface area contributed by atoms with E-state index >= 15 is 0 Å². The van der Waals surface area contributed by atoms with E-state index in [1.54, 1.807) is 18.7 Å². The number of amides is 3. The molecular formula is C34H45F3N4O8S. The summed E-state index contributed by atoms with van der Waals surface area (Å²) in [4.78, 5) is 51.8. The van der Waals surface area contributed by atoms with Crippen molar-refractivity contribution < 1.29 is 49.8 Å². The van der Waals surface area contributed by atoms with E-state index in [0.717, 1.165) is 23.1 Å². The largest absolute Gasteiger partial charge is 0.748 e. The molecule has 16 heteroatoms. The number of unbranched alkanes of at least 4 members (excludes halogenated alkanes) is 2. The van der Waals surface area contributed by atoms with Crippen LogP contribution in [0.5, 0.6) is 0 Å². The summed E-state index contributed by atoms with van der Waals surface area (Å²) in [5.74, 6) is -2.07. The van der Waals surface area contributed by atoms with E-state index in [1.807, 2.05) is 4.90 Å². The minimum absolute atomic E-state index is 0.0391. The maximum atomic E-state index is 13.8. The van der Waals surface area contributed by atoms with Crippen molar-refractivity contribution in [1.82, 2.24) is 10.2 Å². The van der Waals surface area contributed by atoms with Gasteiger partial charge in [-0.15, -0.1) is 0 Å². The highest BCUT2D eigenvalue weighted by Crippen LogP contribution is 2.44. The number of hydrogen-bond acceptors (Lipinski definition) is 9. The van der Waals surface area contributed by atoms with E-state index in [9.17, 15) is 45.3 Å². The van der Waals surface area contributed by atoms with Gasteiger partial charge in [-0.2, -0.15) is 13.2 Å². The van der Waals surface area contributed by atoms with Gasteiger partial charge in [0, 0.05) is 67.0 Å². The van der Waals surface area contributed by atoms with Gasteiger partial charge in [0.05, 0.1) is 46.6 Å². The number of imide groups is 1. The van der Waals surface area contributed by atoms with Crippen LogP contribution in [0.15, 0.2) is 45.6 Å². The quantitative estimate of drug-likeness (QED) is 0.129. The lowest BCUT2D eigenvalue weighted by molar-refractivity contribution is -0.894. The average molecular weight is 727 g/mol. The summed E-state index contributed by atoms with van der Waals surface area (Å²) in [7, 11) is -4.79. The Morgan fingerprint density at radius 2 is 1.58 bits per heavy atom. The molecule has 2 aliphatic heterocycles. The van der Waals surface area contributed by atoms with E-state index in [0.29, 0.717) is 37.6 Å². The van der Waals surface area contributed by atoms with Gasteiger partial charge in [-0.25, -0.2) is 13.2 Å². The minimum Gasteiger partial charge on any atom is -0.748 e. The summed E-state index contributed by atoms with van der Waals surface area (Å²) in [6, 6.07) is 2.68. The number of quaternary nitrogens is 1. The van der Waals surface area contributed by atoms with Crippen molar-refractivity contribution in [3.63, 3.8) is 0 Å². The van der Waals surface area contributed by atoms with Crippen LogP contribution in [0.25, 0.3) is 16.5 Å². The van der Waals surface area contributed by atoms with Gasteiger partial charge in [-0.05, 0) is 59.1 Å². The predicted octanol–water partition coefficient (Wildman–Crippen LogP) is 2.87. The van der Waals surface area contributed by atoms with Crippen LogP contribution < -0.4 is 20.7 Å². The molecule has 0 fully saturated rings. The lowest BCUT2D eigenvalue weighted by atomic mass is 9.87. The van der Waals surface area contributed by atoms with Gasteiger partial charge in [-0.1, -0.05) is 12.5 Å². The number of benzene rings is 1. The molecule has 276 valence electrons. The van der Waals surface area contributed by atoms with Crippen LogP contribution in [-0.2, 0) is 30.7 Å². The first-order valence-corrected chi connectivity index (χ1v) is 18.1. The average Bonchev–Trinajstić information content (AvgIpc) is 3.33. The maximum Gasteiger partial charge on any atom is 0.417 e. The number of carbonyl (C=O) groups excluding carboxylic acids is 3. The van der Waals surface area contributed by atoms with Crippen LogP contribution in [0.1, 0.15) is 71.4 Å². The second kappa shape index (κ2) is 16.8. The SMILES string of the molecule is CC1(C)C=C(CS(=O)(=O)[O-])c2cc3c(C(F)(F)F)cc(=O)oc3cc2N1CCCCCC(=O)NCCN1C(=O)C=CC1=O.CC[NH+](CC)CC. The molecule has 3 heterocycles. The second-order valence-corrected chi connectivity index (χ2v) is 14.1. The van der Waals surface area contributed by atoms with E-state index in [1.165, 1.54) is 31.8 Å². The highest BCUT2D eigenvalue weighted by atomic mass is 32.2. The number of hydrogen-bond donors (Lipinski definition) is 2. The third kappa shape index (κ3) is 10.7. The number of alkyl halides is 3. The van der Waals surface area contributed by atoms with Crippen LogP contribution in [0.4, 0.5) is 18.9 Å². The molecule has 12 nitrogen and oxygen atoms in total. The fraction of sp³-hybridized carbons (Fsp3) is 0.529. The van der Waals surface area contributed by atoms with E-state index in [-0.39, 0.29) is 42.1 Å². The number of nitrogens with one attached hydrogen (secondary N) is 2. The van der Waals surface area contributed by atoms with Gasteiger partial charge in [0.2, 0.25) is 5.91 Å². The minimum atomic E-state index is -4.89. The molecule has 1 aromatic carbocycles. The molecule has 2 N–H and O–H groups in total. The molecule has 2 aromatic rings. The number of carbonyl (C=O) groups is 3. The molecule has 0 unspecified atom stereocenters. The Balaban J connectivity index is 0.000000872. The van der Waals surface area contributed by atoms with Crippen molar-refractivity contribution in [2.24, 2.45) is 0 Å². The lowest BCUT2D eigenvalue weighted by Crippen LogP contribution is -3.11. The number of rotatable bonds is 14. The number of nitrogens with zero attached hydrogens (tertiary/aromatic N) is 2. The molecule has 1 aromatic heterocycles.